The zero-order valence-corrected chi connectivity index (χ0v) is 20.7. The molecule has 4 rings (SSSR count). The lowest BCUT2D eigenvalue weighted by molar-refractivity contribution is -0.138. The van der Waals surface area contributed by atoms with Gasteiger partial charge in [-0.15, -0.1) is 0 Å². The second-order valence-corrected chi connectivity index (χ2v) is 12.2. The second-order valence-electron chi connectivity index (χ2n) is 9.59. The number of nitrogens with zero attached hydrogens (tertiary/aromatic N) is 1. The number of aryl methyl sites for hydroxylation is 1. The Kier molecular flexibility index (Phi) is 7.63. The van der Waals surface area contributed by atoms with E-state index < -0.39 is 33.3 Å². The Morgan fingerprint density at radius 2 is 1.71 bits per heavy atom. The Balaban J connectivity index is 1.61. The Labute approximate surface area is 205 Å². The van der Waals surface area contributed by atoms with Gasteiger partial charge in [0.15, 0.2) is 9.84 Å². The van der Waals surface area contributed by atoms with Gasteiger partial charge in [0.2, 0.25) is 12.3 Å². The van der Waals surface area contributed by atoms with E-state index >= 15 is 0 Å². The van der Waals surface area contributed by atoms with Crippen LogP contribution in [0.15, 0.2) is 53.4 Å². The maximum absolute atomic E-state index is 13.9. The fraction of sp³-hybridized carbons (Fsp3) is 0.500. The van der Waals surface area contributed by atoms with E-state index in [9.17, 15) is 22.0 Å². The van der Waals surface area contributed by atoms with E-state index in [-0.39, 0.29) is 29.8 Å². The second kappa shape index (κ2) is 10.3. The minimum Gasteiger partial charge on any atom is -0.335 e. The number of rotatable bonds is 7. The highest BCUT2D eigenvalue weighted by Crippen LogP contribution is 2.39. The van der Waals surface area contributed by atoms with Crippen LogP contribution in [0.4, 0.5) is 8.78 Å². The number of hydrogen-bond donors (Lipinski definition) is 0. The van der Waals surface area contributed by atoms with E-state index in [0.717, 1.165) is 11.1 Å². The molecule has 2 aromatic carbocycles. The van der Waals surface area contributed by atoms with Crippen molar-refractivity contribution in [1.29, 1.82) is 0 Å². The van der Waals surface area contributed by atoms with Crippen LogP contribution in [0, 0.1) is 18.8 Å². The van der Waals surface area contributed by atoms with E-state index in [4.69, 9.17) is 11.6 Å². The zero-order valence-electron chi connectivity index (χ0n) is 19.2. The van der Waals surface area contributed by atoms with Gasteiger partial charge in [-0.2, -0.15) is 0 Å². The summed E-state index contributed by atoms with van der Waals surface area (Å²) in [7, 11) is -3.69. The fourth-order valence-corrected chi connectivity index (χ4v) is 7.53. The SMILES string of the molecule is Cc1ccc(S(=O)(=O)[C@@H]2CCC[C@H]2C(=O)N(Cc2ccc(Cl)cc2)[C@@H]2CC[C@H](C(F)F)C2)cc1. The van der Waals surface area contributed by atoms with Crippen molar-refractivity contribution in [3.8, 4) is 0 Å². The van der Waals surface area contributed by atoms with Crippen LogP contribution in [0.1, 0.15) is 49.7 Å². The third-order valence-corrected chi connectivity index (χ3v) is 9.85. The highest BCUT2D eigenvalue weighted by atomic mass is 35.5. The number of carbonyl (C=O) groups excluding carboxylic acids is 1. The summed E-state index contributed by atoms with van der Waals surface area (Å²) in [6.07, 6.45) is 0.227. The average Bonchev–Trinajstić information content (AvgIpc) is 3.49. The van der Waals surface area contributed by atoms with Crippen molar-refractivity contribution < 1.29 is 22.0 Å². The van der Waals surface area contributed by atoms with Gasteiger partial charge in [0, 0.05) is 23.5 Å². The van der Waals surface area contributed by atoms with Crippen LogP contribution in [0.2, 0.25) is 5.02 Å². The Morgan fingerprint density at radius 3 is 2.32 bits per heavy atom. The molecule has 1 amide bonds. The maximum atomic E-state index is 13.9. The number of carbonyl (C=O) groups is 1. The van der Waals surface area contributed by atoms with E-state index in [0.29, 0.717) is 37.1 Å². The van der Waals surface area contributed by atoms with Gasteiger partial charge in [-0.3, -0.25) is 4.79 Å². The molecular weight excluding hydrogens is 480 g/mol. The van der Waals surface area contributed by atoms with Gasteiger partial charge in [0.1, 0.15) is 0 Å². The third kappa shape index (κ3) is 5.30. The highest BCUT2D eigenvalue weighted by Gasteiger charge is 2.46. The minimum atomic E-state index is -3.69. The number of sulfone groups is 1. The molecule has 4 nitrogen and oxygen atoms in total. The summed E-state index contributed by atoms with van der Waals surface area (Å²) in [6, 6.07) is 13.5. The fourth-order valence-electron chi connectivity index (χ4n) is 5.37. The van der Waals surface area contributed by atoms with Crippen molar-refractivity contribution in [1.82, 2.24) is 4.90 Å². The van der Waals surface area contributed by atoms with Crippen LogP contribution in [0.3, 0.4) is 0 Å². The van der Waals surface area contributed by atoms with Gasteiger partial charge in [-0.05, 0) is 68.9 Å². The molecule has 0 aromatic heterocycles. The van der Waals surface area contributed by atoms with E-state index in [1.165, 1.54) is 0 Å². The van der Waals surface area contributed by atoms with Crippen LogP contribution in [0.25, 0.3) is 0 Å². The summed E-state index contributed by atoms with van der Waals surface area (Å²) in [5.41, 5.74) is 1.80. The van der Waals surface area contributed by atoms with E-state index in [2.05, 4.69) is 0 Å². The summed E-state index contributed by atoms with van der Waals surface area (Å²) in [4.78, 5) is 15.8. The molecule has 2 aromatic rings. The van der Waals surface area contributed by atoms with Gasteiger partial charge in [-0.1, -0.05) is 47.9 Å². The topological polar surface area (TPSA) is 54.5 Å². The van der Waals surface area contributed by atoms with Crippen molar-refractivity contribution in [2.24, 2.45) is 11.8 Å². The first kappa shape index (κ1) is 25.1. The minimum absolute atomic E-state index is 0.227. The van der Waals surface area contributed by atoms with Gasteiger partial charge in [-0.25, -0.2) is 17.2 Å². The first-order chi connectivity index (χ1) is 16.2. The molecule has 2 aliphatic carbocycles. The molecule has 184 valence electrons. The quantitative estimate of drug-likeness (QED) is 0.456. The third-order valence-electron chi connectivity index (χ3n) is 7.31. The summed E-state index contributed by atoms with van der Waals surface area (Å²) in [5.74, 6) is -1.65. The van der Waals surface area contributed by atoms with Gasteiger partial charge < -0.3 is 4.90 Å². The number of hydrogen-bond acceptors (Lipinski definition) is 3. The molecule has 2 saturated carbocycles. The summed E-state index contributed by atoms with van der Waals surface area (Å²) >= 11 is 6.00. The molecule has 0 radical (unpaired) electrons. The first-order valence-corrected chi connectivity index (χ1v) is 13.7. The molecule has 8 heteroatoms. The number of halogens is 3. The Bertz CT molecular complexity index is 1110. The Morgan fingerprint density at radius 1 is 1.03 bits per heavy atom. The number of alkyl halides is 2. The molecule has 0 aliphatic heterocycles. The largest absolute Gasteiger partial charge is 0.335 e. The van der Waals surface area contributed by atoms with E-state index in [1.807, 2.05) is 19.1 Å². The smallest absolute Gasteiger partial charge is 0.241 e. The maximum Gasteiger partial charge on any atom is 0.241 e. The van der Waals surface area contributed by atoms with Gasteiger partial charge in [0.25, 0.3) is 0 Å². The predicted molar refractivity (Wildman–Crippen MR) is 129 cm³/mol. The standard InChI is InChI=1S/C26H30ClF2NO3S/c1-17-5-13-22(14-6-17)34(32,33)24-4-2-3-23(24)26(31)30(16-18-7-10-20(27)11-8-18)21-12-9-19(15-21)25(28)29/h5-8,10-11,13-14,19,21,23-25H,2-4,9,12,15-16H2,1H3/t19-,21+,23+,24+/m0/s1. The average molecular weight is 510 g/mol. The molecule has 0 saturated heterocycles. The van der Waals surface area contributed by atoms with Crippen LogP contribution in [0.5, 0.6) is 0 Å². The molecule has 34 heavy (non-hydrogen) atoms. The number of benzene rings is 2. The van der Waals surface area contributed by atoms with Crippen LogP contribution < -0.4 is 0 Å². The van der Waals surface area contributed by atoms with Crippen LogP contribution in [-0.2, 0) is 21.2 Å². The lowest BCUT2D eigenvalue weighted by Crippen LogP contribution is -2.45. The van der Waals surface area contributed by atoms with Crippen LogP contribution >= 0.6 is 11.6 Å². The molecule has 2 fully saturated rings. The molecule has 0 bridgehead atoms. The van der Waals surface area contributed by atoms with Gasteiger partial charge in [0.05, 0.1) is 16.1 Å². The molecule has 0 spiro atoms. The van der Waals surface area contributed by atoms with Crippen molar-refractivity contribution in [3.05, 3.63) is 64.7 Å². The van der Waals surface area contributed by atoms with E-state index in [1.54, 1.807) is 41.3 Å². The normalized spacial score (nSPS) is 25.1. The number of amides is 1. The van der Waals surface area contributed by atoms with Gasteiger partial charge >= 0.3 is 0 Å². The zero-order chi connectivity index (χ0) is 24.5. The Hall–Kier alpha value is -1.99. The van der Waals surface area contributed by atoms with Crippen molar-refractivity contribution >= 4 is 27.3 Å². The first-order valence-electron chi connectivity index (χ1n) is 11.8. The highest BCUT2D eigenvalue weighted by molar-refractivity contribution is 7.92. The van der Waals surface area contributed by atoms with Crippen molar-refractivity contribution in [2.45, 2.75) is 74.6 Å². The lowest BCUT2D eigenvalue weighted by Gasteiger charge is -2.33. The molecule has 4 atom stereocenters. The molecule has 0 unspecified atom stereocenters. The monoisotopic (exact) mass is 509 g/mol. The summed E-state index contributed by atoms with van der Waals surface area (Å²) < 4.78 is 53.7. The van der Waals surface area contributed by atoms with Crippen LogP contribution in [-0.4, -0.2) is 36.9 Å². The molecule has 0 heterocycles. The summed E-state index contributed by atoms with van der Waals surface area (Å²) in [5, 5.41) is -0.233. The molecule has 0 N–H and O–H groups in total. The van der Waals surface area contributed by atoms with Crippen molar-refractivity contribution in [3.63, 3.8) is 0 Å². The predicted octanol–water partition coefficient (Wildman–Crippen LogP) is 6.05. The lowest BCUT2D eigenvalue weighted by atomic mass is 10.0. The van der Waals surface area contributed by atoms with Crippen molar-refractivity contribution in [2.75, 3.05) is 0 Å². The molecular formula is C26H30ClF2NO3S. The molecule has 2 aliphatic rings. The summed E-state index contributed by atoms with van der Waals surface area (Å²) in [6.45, 7) is 2.14.